The van der Waals surface area contributed by atoms with Crippen LogP contribution in [0.2, 0.25) is 0 Å². The first-order chi connectivity index (χ1) is 9.06. The average molecular weight is 305 g/mol. The molecule has 0 unspecified atom stereocenters. The van der Waals surface area contributed by atoms with Crippen molar-refractivity contribution in [3.63, 3.8) is 0 Å². The van der Waals surface area contributed by atoms with Crippen LogP contribution in [0.15, 0.2) is 23.6 Å². The zero-order valence-corrected chi connectivity index (χ0v) is 14.0. The molecule has 0 aromatic carbocycles. The lowest BCUT2D eigenvalue weighted by atomic mass is 10.1. The van der Waals surface area contributed by atoms with Crippen LogP contribution in [-0.4, -0.2) is 0 Å². The average Bonchev–Trinajstić information content (AvgIpc) is 3.00. The predicted octanol–water partition coefficient (Wildman–Crippen LogP) is 6.44. The van der Waals surface area contributed by atoms with Crippen LogP contribution in [0.5, 0.6) is 0 Å². The lowest BCUT2D eigenvalue weighted by Crippen LogP contribution is -1.74. The van der Waals surface area contributed by atoms with Gasteiger partial charge in [-0.1, -0.05) is 0 Å². The fourth-order valence-electron chi connectivity index (χ4n) is 2.27. The molecule has 98 valence electrons. The smallest absolute Gasteiger partial charge is 0.0529 e. The van der Waals surface area contributed by atoms with Crippen LogP contribution in [0.3, 0.4) is 0 Å². The zero-order valence-electron chi connectivity index (χ0n) is 11.5. The van der Waals surface area contributed by atoms with E-state index in [4.69, 9.17) is 0 Å². The van der Waals surface area contributed by atoms with E-state index in [0.29, 0.717) is 0 Å². The Kier molecular flexibility index (Phi) is 3.37. The van der Waals surface area contributed by atoms with Gasteiger partial charge in [-0.2, -0.15) is 0 Å². The van der Waals surface area contributed by atoms with E-state index in [9.17, 15) is 0 Å². The summed E-state index contributed by atoms with van der Waals surface area (Å²) in [6.07, 6.45) is 0. The minimum Gasteiger partial charge on any atom is -0.142 e. The Labute approximate surface area is 126 Å². The third-order valence-corrected chi connectivity index (χ3v) is 6.77. The molecular weight excluding hydrogens is 288 g/mol. The second kappa shape index (κ2) is 4.89. The highest BCUT2D eigenvalue weighted by Crippen LogP contribution is 2.44. The summed E-state index contributed by atoms with van der Waals surface area (Å²) in [4.78, 5) is 7.07. The molecule has 0 spiro atoms. The quantitative estimate of drug-likeness (QED) is 0.511. The van der Waals surface area contributed by atoms with Gasteiger partial charge in [0.05, 0.1) is 4.88 Å². The first kappa shape index (κ1) is 13.1. The Morgan fingerprint density at radius 3 is 2.21 bits per heavy atom. The molecule has 3 heterocycles. The zero-order chi connectivity index (χ0) is 13.6. The molecule has 0 bridgehead atoms. The number of hydrogen-bond donors (Lipinski definition) is 0. The second-order valence-corrected chi connectivity index (χ2v) is 8.31. The molecule has 0 N–H and O–H groups in total. The van der Waals surface area contributed by atoms with Crippen molar-refractivity contribution in [1.29, 1.82) is 0 Å². The summed E-state index contributed by atoms with van der Waals surface area (Å²) < 4.78 is 0. The Morgan fingerprint density at radius 2 is 1.63 bits per heavy atom. The Bertz CT molecular complexity index is 706. The van der Waals surface area contributed by atoms with Crippen molar-refractivity contribution in [3.05, 3.63) is 44.5 Å². The predicted molar refractivity (Wildman–Crippen MR) is 89.9 cm³/mol. The third-order valence-electron chi connectivity index (χ3n) is 3.34. The highest BCUT2D eigenvalue weighted by atomic mass is 32.1. The Morgan fingerprint density at radius 1 is 0.842 bits per heavy atom. The molecule has 0 amide bonds. The fourth-order valence-corrected chi connectivity index (χ4v) is 5.46. The van der Waals surface area contributed by atoms with Crippen LogP contribution in [0.4, 0.5) is 0 Å². The monoisotopic (exact) mass is 304 g/mol. The van der Waals surface area contributed by atoms with Crippen molar-refractivity contribution < 1.29 is 0 Å². The van der Waals surface area contributed by atoms with Crippen molar-refractivity contribution in [3.8, 4) is 20.2 Å². The van der Waals surface area contributed by atoms with E-state index >= 15 is 0 Å². The summed E-state index contributed by atoms with van der Waals surface area (Å²) in [6.45, 7) is 8.80. The van der Waals surface area contributed by atoms with Gasteiger partial charge < -0.3 is 0 Å². The molecule has 0 atom stereocenters. The van der Waals surface area contributed by atoms with E-state index in [0.717, 1.165) is 0 Å². The van der Waals surface area contributed by atoms with Gasteiger partial charge in [0.1, 0.15) is 0 Å². The van der Waals surface area contributed by atoms with E-state index in [1.165, 1.54) is 41.1 Å². The maximum Gasteiger partial charge on any atom is 0.0529 e. The first-order valence-corrected chi connectivity index (χ1v) is 8.80. The molecule has 0 radical (unpaired) electrons. The van der Waals surface area contributed by atoms with E-state index in [1.54, 1.807) is 0 Å². The molecule has 0 aliphatic rings. The van der Waals surface area contributed by atoms with Gasteiger partial charge in [0.15, 0.2) is 0 Å². The van der Waals surface area contributed by atoms with Crippen molar-refractivity contribution in [2.24, 2.45) is 0 Å². The number of aryl methyl sites for hydroxylation is 4. The topological polar surface area (TPSA) is 0 Å². The second-order valence-electron chi connectivity index (χ2n) is 4.88. The third kappa shape index (κ3) is 2.31. The maximum atomic E-state index is 2.32. The Balaban J connectivity index is 2.15. The summed E-state index contributed by atoms with van der Waals surface area (Å²) in [5.41, 5.74) is 4.20. The van der Waals surface area contributed by atoms with Gasteiger partial charge in [-0.25, -0.2) is 0 Å². The summed E-state index contributed by atoms with van der Waals surface area (Å²) in [5.74, 6) is 0. The highest BCUT2D eigenvalue weighted by molar-refractivity contribution is 7.22. The molecule has 0 fully saturated rings. The molecule has 0 nitrogen and oxygen atoms in total. The van der Waals surface area contributed by atoms with E-state index in [1.807, 2.05) is 34.0 Å². The van der Waals surface area contributed by atoms with Gasteiger partial charge in [0.25, 0.3) is 0 Å². The summed E-state index contributed by atoms with van der Waals surface area (Å²) in [7, 11) is 0. The minimum absolute atomic E-state index is 1.39. The van der Waals surface area contributed by atoms with Crippen molar-refractivity contribution >= 4 is 34.0 Å². The molecule has 3 aromatic rings. The van der Waals surface area contributed by atoms with E-state index in [-0.39, 0.29) is 0 Å². The number of thiophene rings is 3. The number of rotatable bonds is 2. The molecule has 3 aromatic heterocycles. The van der Waals surface area contributed by atoms with Crippen LogP contribution in [0.1, 0.15) is 20.9 Å². The molecule has 0 aliphatic heterocycles. The van der Waals surface area contributed by atoms with Crippen molar-refractivity contribution in [1.82, 2.24) is 0 Å². The summed E-state index contributed by atoms with van der Waals surface area (Å²) in [5, 5.41) is 2.21. The van der Waals surface area contributed by atoms with Gasteiger partial charge in [-0.15, -0.1) is 34.0 Å². The molecule has 19 heavy (non-hydrogen) atoms. The number of hydrogen-bond acceptors (Lipinski definition) is 3. The van der Waals surface area contributed by atoms with Gasteiger partial charge in [0.2, 0.25) is 0 Å². The normalized spacial score (nSPS) is 11.2. The lowest BCUT2D eigenvalue weighted by molar-refractivity contribution is 1.44. The van der Waals surface area contributed by atoms with Gasteiger partial charge in [-0.05, 0) is 62.4 Å². The van der Waals surface area contributed by atoms with Crippen LogP contribution in [-0.2, 0) is 0 Å². The molecular formula is C16H16S3. The highest BCUT2D eigenvalue weighted by Gasteiger charge is 2.15. The fraction of sp³-hybridized carbons (Fsp3) is 0.250. The first-order valence-electron chi connectivity index (χ1n) is 6.28. The van der Waals surface area contributed by atoms with Crippen LogP contribution in [0.25, 0.3) is 20.2 Å². The minimum atomic E-state index is 1.39. The Hall–Kier alpha value is -0.900. The van der Waals surface area contributed by atoms with Crippen LogP contribution < -0.4 is 0 Å². The van der Waals surface area contributed by atoms with Crippen molar-refractivity contribution in [2.45, 2.75) is 27.7 Å². The van der Waals surface area contributed by atoms with Gasteiger partial charge >= 0.3 is 0 Å². The lowest BCUT2D eigenvalue weighted by Gasteiger charge is -2.00. The van der Waals surface area contributed by atoms with Crippen molar-refractivity contribution in [2.75, 3.05) is 0 Å². The SMILES string of the molecule is Cc1cc(C)c(-c2ccsc2-c2cc(C)c(C)s2)s1. The van der Waals surface area contributed by atoms with Crippen LogP contribution in [0, 0.1) is 27.7 Å². The standard InChI is InChI=1S/C16H16S3/c1-9-8-14(19-12(9)4)16-13(5-6-17-16)15-10(2)7-11(3)18-15/h5-8H,1-4H3. The van der Waals surface area contributed by atoms with E-state index in [2.05, 4.69) is 51.3 Å². The summed E-state index contributed by atoms with van der Waals surface area (Å²) in [6, 6.07) is 6.88. The summed E-state index contributed by atoms with van der Waals surface area (Å²) >= 11 is 5.67. The molecule has 3 heteroatoms. The van der Waals surface area contributed by atoms with Gasteiger partial charge in [0, 0.05) is 25.1 Å². The van der Waals surface area contributed by atoms with Gasteiger partial charge in [-0.3, -0.25) is 0 Å². The van der Waals surface area contributed by atoms with Crippen LogP contribution >= 0.6 is 34.0 Å². The largest absolute Gasteiger partial charge is 0.142 e. The molecule has 0 aliphatic carbocycles. The molecule has 3 rings (SSSR count). The molecule has 0 saturated heterocycles. The van der Waals surface area contributed by atoms with E-state index < -0.39 is 0 Å². The maximum absolute atomic E-state index is 2.32. The molecule has 0 saturated carbocycles.